The van der Waals surface area contributed by atoms with Crippen molar-refractivity contribution in [3.8, 4) is 0 Å². The molecule has 3 heteroatoms. The van der Waals surface area contributed by atoms with Gasteiger partial charge >= 0.3 is 0 Å². The molecule has 2 rings (SSSR count). The molecule has 1 aliphatic heterocycles. The summed E-state index contributed by atoms with van der Waals surface area (Å²) in [4.78, 5) is 4.14. The summed E-state index contributed by atoms with van der Waals surface area (Å²) >= 11 is 0. The second kappa shape index (κ2) is 4.53. The molecular formula is C11H16N2O. The molecule has 14 heavy (non-hydrogen) atoms. The quantitative estimate of drug-likeness (QED) is 0.780. The van der Waals surface area contributed by atoms with Crippen LogP contribution in [0.5, 0.6) is 0 Å². The predicted octanol–water partition coefficient (Wildman–Crippen LogP) is 1.17. The fraction of sp³-hybridized carbons (Fsp3) is 0.545. The van der Waals surface area contributed by atoms with Gasteiger partial charge in [-0.1, -0.05) is 6.07 Å². The largest absolute Gasteiger partial charge is 0.383 e. The van der Waals surface area contributed by atoms with Crippen LogP contribution in [-0.2, 0) is 4.74 Å². The third-order valence-corrected chi connectivity index (χ3v) is 2.75. The molecule has 1 aliphatic rings. The molecule has 1 aromatic rings. The molecule has 2 heterocycles. The summed E-state index contributed by atoms with van der Waals surface area (Å²) in [5, 5.41) is 3.45. The summed E-state index contributed by atoms with van der Waals surface area (Å²) in [7, 11) is 1.75. The van der Waals surface area contributed by atoms with E-state index in [0.29, 0.717) is 12.0 Å². The highest BCUT2D eigenvalue weighted by atomic mass is 16.5. The number of rotatable bonds is 3. The van der Waals surface area contributed by atoms with Gasteiger partial charge in [0, 0.05) is 32.1 Å². The Morgan fingerprint density at radius 3 is 3.29 bits per heavy atom. The number of aromatic nitrogens is 1. The normalized spacial score (nSPS) is 26.6. The van der Waals surface area contributed by atoms with E-state index in [2.05, 4.69) is 16.4 Å². The fourth-order valence-electron chi connectivity index (χ4n) is 2.02. The molecule has 0 amide bonds. The Hall–Kier alpha value is -0.930. The Balaban J connectivity index is 1.96. The van der Waals surface area contributed by atoms with E-state index in [-0.39, 0.29) is 0 Å². The van der Waals surface area contributed by atoms with Crippen molar-refractivity contribution >= 4 is 0 Å². The van der Waals surface area contributed by atoms with Crippen LogP contribution in [0.2, 0.25) is 0 Å². The molecule has 76 valence electrons. The van der Waals surface area contributed by atoms with Crippen molar-refractivity contribution in [3.63, 3.8) is 0 Å². The van der Waals surface area contributed by atoms with Crippen LogP contribution < -0.4 is 5.32 Å². The standard InChI is InChI=1S/C11H16N2O/c1-14-8-11-5-10(7-13-11)9-3-2-4-12-6-9/h2-4,6,10-11,13H,5,7-8H2,1H3. The van der Waals surface area contributed by atoms with Crippen LogP contribution in [0.25, 0.3) is 0 Å². The Morgan fingerprint density at radius 1 is 1.64 bits per heavy atom. The van der Waals surface area contributed by atoms with E-state index in [0.717, 1.165) is 19.6 Å². The maximum Gasteiger partial charge on any atom is 0.0616 e. The van der Waals surface area contributed by atoms with E-state index in [9.17, 15) is 0 Å². The maximum absolute atomic E-state index is 5.13. The zero-order valence-electron chi connectivity index (χ0n) is 8.44. The molecule has 0 bridgehead atoms. The van der Waals surface area contributed by atoms with E-state index in [1.807, 2.05) is 18.5 Å². The van der Waals surface area contributed by atoms with Crippen molar-refractivity contribution in [1.82, 2.24) is 10.3 Å². The molecule has 0 aliphatic carbocycles. The Bertz CT molecular complexity index is 276. The second-order valence-electron chi connectivity index (χ2n) is 3.78. The van der Waals surface area contributed by atoms with Crippen LogP contribution >= 0.6 is 0 Å². The average Bonchev–Trinajstić information content (AvgIpc) is 2.68. The monoisotopic (exact) mass is 192 g/mol. The molecule has 0 saturated carbocycles. The first-order valence-corrected chi connectivity index (χ1v) is 5.02. The number of nitrogens with one attached hydrogen (secondary N) is 1. The summed E-state index contributed by atoms with van der Waals surface area (Å²) in [6.07, 6.45) is 4.93. The van der Waals surface area contributed by atoms with Crippen molar-refractivity contribution in [2.45, 2.75) is 18.4 Å². The van der Waals surface area contributed by atoms with Gasteiger partial charge in [0.05, 0.1) is 6.61 Å². The number of methoxy groups -OCH3 is 1. The van der Waals surface area contributed by atoms with Crippen LogP contribution in [-0.4, -0.2) is 31.3 Å². The smallest absolute Gasteiger partial charge is 0.0616 e. The van der Waals surface area contributed by atoms with Crippen molar-refractivity contribution in [1.29, 1.82) is 0 Å². The Kier molecular flexibility index (Phi) is 3.11. The molecule has 1 aromatic heterocycles. The SMILES string of the molecule is COCC1CC(c2cccnc2)CN1. The molecule has 3 nitrogen and oxygen atoms in total. The van der Waals surface area contributed by atoms with E-state index < -0.39 is 0 Å². The molecular weight excluding hydrogens is 176 g/mol. The molecule has 1 N–H and O–H groups in total. The summed E-state index contributed by atoms with van der Waals surface area (Å²) in [5.74, 6) is 0.601. The van der Waals surface area contributed by atoms with E-state index >= 15 is 0 Å². The lowest BCUT2D eigenvalue weighted by atomic mass is 9.98. The van der Waals surface area contributed by atoms with Crippen LogP contribution in [0, 0.1) is 0 Å². The highest BCUT2D eigenvalue weighted by Crippen LogP contribution is 2.24. The first-order chi connectivity index (χ1) is 6.90. The number of pyridine rings is 1. The molecule has 1 saturated heterocycles. The minimum absolute atomic E-state index is 0.505. The van der Waals surface area contributed by atoms with Crippen LogP contribution in [0.15, 0.2) is 24.5 Å². The van der Waals surface area contributed by atoms with E-state index in [1.54, 1.807) is 7.11 Å². The first kappa shape index (κ1) is 9.62. The minimum Gasteiger partial charge on any atom is -0.383 e. The third kappa shape index (κ3) is 2.11. The average molecular weight is 192 g/mol. The Morgan fingerprint density at radius 2 is 2.57 bits per heavy atom. The molecule has 0 radical (unpaired) electrons. The van der Waals surface area contributed by atoms with Crippen molar-refractivity contribution in [2.24, 2.45) is 0 Å². The summed E-state index contributed by atoms with van der Waals surface area (Å²) < 4.78 is 5.13. The van der Waals surface area contributed by atoms with Crippen molar-refractivity contribution in [2.75, 3.05) is 20.3 Å². The van der Waals surface area contributed by atoms with Crippen LogP contribution in [0.3, 0.4) is 0 Å². The number of hydrogen-bond donors (Lipinski definition) is 1. The van der Waals surface area contributed by atoms with Gasteiger partial charge in [0.1, 0.15) is 0 Å². The molecule has 0 aromatic carbocycles. The molecule has 2 unspecified atom stereocenters. The lowest BCUT2D eigenvalue weighted by molar-refractivity contribution is 0.173. The fourth-order valence-corrected chi connectivity index (χ4v) is 2.02. The molecule has 1 fully saturated rings. The van der Waals surface area contributed by atoms with Crippen molar-refractivity contribution < 1.29 is 4.74 Å². The summed E-state index contributed by atoms with van der Waals surface area (Å²) in [6, 6.07) is 4.65. The third-order valence-electron chi connectivity index (χ3n) is 2.75. The zero-order valence-corrected chi connectivity index (χ0v) is 8.44. The highest BCUT2D eigenvalue weighted by molar-refractivity contribution is 5.17. The van der Waals surface area contributed by atoms with Gasteiger partial charge in [-0.15, -0.1) is 0 Å². The minimum atomic E-state index is 0.505. The van der Waals surface area contributed by atoms with Gasteiger partial charge in [0.25, 0.3) is 0 Å². The summed E-state index contributed by atoms with van der Waals surface area (Å²) in [6.45, 7) is 1.84. The lowest BCUT2D eigenvalue weighted by Crippen LogP contribution is -2.25. The van der Waals surface area contributed by atoms with Crippen LogP contribution in [0.4, 0.5) is 0 Å². The van der Waals surface area contributed by atoms with E-state index in [4.69, 9.17) is 4.74 Å². The van der Waals surface area contributed by atoms with Gasteiger partial charge in [-0.25, -0.2) is 0 Å². The second-order valence-corrected chi connectivity index (χ2v) is 3.78. The van der Waals surface area contributed by atoms with Crippen LogP contribution in [0.1, 0.15) is 17.9 Å². The summed E-state index contributed by atoms with van der Waals surface area (Å²) in [5.41, 5.74) is 1.33. The van der Waals surface area contributed by atoms with Gasteiger partial charge in [-0.2, -0.15) is 0 Å². The topological polar surface area (TPSA) is 34.1 Å². The first-order valence-electron chi connectivity index (χ1n) is 5.02. The lowest BCUT2D eigenvalue weighted by Gasteiger charge is -2.09. The highest BCUT2D eigenvalue weighted by Gasteiger charge is 2.24. The number of ether oxygens (including phenoxy) is 1. The number of nitrogens with zero attached hydrogens (tertiary/aromatic N) is 1. The predicted molar refractivity (Wildman–Crippen MR) is 55.3 cm³/mol. The molecule has 2 atom stereocenters. The molecule has 0 spiro atoms. The van der Waals surface area contributed by atoms with Gasteiger partial charge < -0.3 is 10.1 Å². The van der Waals surface area contributed by atoms with Gasteiger partial charge in [0.2, 0.25) is 0 Å². The zero-order chi connectivity index (χ0) is 9.80. The maximum atomic E-state index is 5.13. The van der Waals surface area contributed by atoms with E-state index in [1.165, 1.54) is 5.56 Å². The number of hydrogen-bond acceptors (Lipinski definition) is 3. The van der Waals surface area contributed by atoms with Gasteiger partial charge in [-0.3, -0.25) is 4.98 Å². The van der Waals surface area contributed by atoms with Gasteiger partial charge in [-0.05, 0) is 24.0 Å². The van der Waals surface area contributed by atoms with Gasteiger partial charge in [0.15, 0.2) is 0 Å². The van der Waals surface area contributed by atoms with Crippen molar-refractivity contribution in [3.05, 3.63) is 30.1 Å². The Labute approximate surface area is 84.5 Å².